The van der Waals surface area contributed by atoms with E-state index in [2.05, 4.69) is 14.2 Å². The number of esters is 3. The smallest absolute Gasteiger partial charge is 0.344 e. The topological polar surface area (TPSA) is 119 Å². The highest BCUT2D eigenvalue weighted by molar-refractivity contribution is 5.89. The van der Waals surface area contributed by atoms with E-state index in [-0.39, 0.29) is 0 Å². The van der Waals surface area contributed by atoms with Crippen molar-refractivity contribution in [3.8, 4) is 0 Å². The van der Waals surface area contributed by atoms with Crippen LogP contribution in [0.2, 0.25) is 0 Å². The van der Waals surface area contributed by atoms with Crippen molar-refractivity contribution in [1.82, 2.24) is 0 Å². The van der Waals surface area contributed by atoms with Crippen LogP contribution in [0.3, 0.4) is 0 Å². The molecule has 17 heavy (non-hydrogen) atoms. The molecule has 0 bridgehead atoms. The number of ether oxygens (including phenoxy) is 3. The second kappa shape index (κ2) is 6.16. The molecule has 0 aromatic carbocycles. The number of hydrogen-bond acceptors (Lipinski definition) is 8. The Morgan fingerprint density at radius 2 is 1.76 bits per heavy atom. The SMILES string of the molecule is COC(=O)[C@H](O)[C@@](O)(COC(C)=O)C(=O)OC. The minimum atomic E-state index is -2.70. The van der Waals surface area contributed by atoms with E-state index in [1.807, 2.05) is 0 Å². The average molecular weight is 250 g/mol. The van der Waals surface area contributed by atoms with Gasteiger partial charge in [-0.3, -0.25) is 4.79 Å². The maximum absolute atomic E-state index is 11.3. The van der Waals surface area contributed by atoms with Crippen molar-refractivity contribution in [1.29, 1.82) is 0 Å². The van der Waals surface area contributed by atoms with Crippen molar-refractivity contribution in [2.24, 2.45) is 0 Å². The van der Waals surface area contributed by atoms with Gasteiger partial charge in [-0.1, -0.05) is 0 Å². The first-order chi connectivity index (χ1) is 7.79. The molecule has 0 heterocycles. The molecule has 0 aromatic rings. The van der Waals surface area contributed by atoms with Gasteiger partial charge in [-0.25, -0.2) is 9.59 Å². The molecule has 2 atom stereocenters. The quantitative estimate of drug-likeness (QED) is 0.424. The van der Waals surface area contributed by atoms with Crippen LogP contribution in [0.1, 0.15) is 6.92 Å². The van der Waals surface area contributed by atoms with E-state index in [9.17, 15) is 24.6 Å². The monoisotopic (exact) mass is 250 g/mol. The number of rotatable bonds is 5. The first-order valence-corrected chi connectivity index (χ1v) is 4.49. The summed E-state index contributed by atoms with van der Waals surface area (Å²) in [5, 5.41) is 19.2. The summed E-state index contributed by atoms with van der Waals surface area (Å²) >= 11 is 0. The van der Waals surface area contributed by atoms with Crippen molar-refractivity contribution in [3.63, 3.8) is 0 Å². The lowest BCUT2D eigenvalue weighted by Gasteiger charge is -2.27. The van der Waals surface area contributed by atoms with Gasteiger partial charge >= 0.3 is 17.9 Å². The van der Waals surface area contributed by atoms with Gasteiger partial charge in [-0.05, 0) is 0 Å². The number of carbonyl (C=O) groups is 3. The van der Waals surface area contributed by atoms with Gasteiger partial charge < -0.3 is 24.4 Å². The van der Waals surface area contributed by atoms with Crippen LogP contribution < -0.4 is 0 Å². The van der Waals surface area contributed by atoms with E-state index < -0.39 is 36.2 Å². The molecule has 2 N–H and O–H groups in total. The van der Waals surface area contributed by atoms with Crippen LogP contribution in [-0.4, -0.2) is 60.7 Å². The summed E-state index contributed by atoms with van der Waals surface area (Å²) in [6, 6.07) is 0. The molecule has 0 unspecified atom stereocenters. The van der Waals surface area contributed by atoms with Crippen LogP contribution in [-0.2, 0) is 28.6 Å². The normalized spacial score (nSPS) is 15.4. The summed E-state index contributed by atoms with van der Waals surface area (Å²) < 4.78 is 12.8. The predicted molar refractivity (Wildman–Crippen MR) is 51.6 cm³/mol. The molecule has 0 rings (SSSR count). The van der Waals surface area contributed by atoms with E-state index in [4.69, 9.17) is 0 Å². The molecule has 0 saturated carbocycles. The maximum atomic E-state index is 11.3. The summed E-state index contributed by atoms with van der Waals surface area (Å²) in [5.41, 5.74) is -2.70. The molecule has 0 aliphatic carbocycles. The zero-order chi connectivity index (χ0) is 13.6. The lowest BCUT2D eigenvalue weighted by Crippen LogP contribution is -2.57. The Morgan fingerprint density at radius 3 is 2.12 bits per heavy atom. The predicted octanol–water partition coefficient (Wildman–Crippen LogP) is -2.01. The van der Waals surface area contributed by atoms with Gasteiger partial charge in [0, 0.05) is 6.92 Å². The van der Waals surface area contributed by atoms with E-state index in [1.165, 1.54) is 0 Å². The Kier molecular flexibility index (Phi) is 5.56. The standard InChI is InChI=1S/C9H14O8/c1-5(10)17-4-9(14,8(13)16-3)6(11)7(12)15-2/h6,11,14H,4H2,1-3H3/t6-,9-/m0/s1. The van der Waals surface area contributed by atoms with Gasteiger partial charge in [0.15, 0.2) is 6.10 Å². The number of methoxy groups -OCH3 is 2. The molecule has 8 heteroatoms. The van der Waals surface area contributed by atoms with Gasteiger partial charge in [-0.2, -0.15) is 0 Å². The highest BCUT2D eigenvalue weighted by Crippen LogP contribution is 2.15. The Labute approximate surface area is 97.1 Å². The Hall–Kier alpha value is -1.67. The highest BCUT2D eigenvalue weighted by atomic mass is 16.6. The Balaban J connectivity index is 5.02. The first-order valence-electron chi connectivity index (χ1n) is 4.49. The zero-order valence-electron chi connectivity index (χ0n) is 9.63. The van der Waals surface area contributed by atoms with Gasteiger partial charge in [0.1, 0.15) is 6.61 Å². The molecule has 0 aliphatic heterocycles. The third-order valence-electron chi connectivity index (χ3n) is 1.91. The number of aliphatic hydroxyl groups is 2. The van der Waals surface area contributed by atoms with Gasteiger partial charge in [0.05, 0.1) is 14.2 Å². The molecular formula is C9H14O8. The highest BCUT2D eigenvalue weighted by Gasteiger charge is 2.50. The third-order valence-corrected chi connectivity index (χ3v) is 1.91. The van der Waals surface area contributed by atoms with Crippen molar-refractivity contribution in [3.05, 3.63) is 0 Å². The second-order valence-electron chi connectivity index (χ2n) is 3.12. The van der Waals surface area contributed by atoms with Crippen LogP contribution in [0.5, 0.6) is 0 Å². The van der Waals surface area contributed by atoms with Gasteiger partial charge in [0.2, 0.25) is 5.60 Å². The summed E-state index contributed by atoms with van der Waals surface area (Å²) in [4.78, 5) is 32.9. The van der Waals surface area contributed by atoms with Crippen molar-refractivity contribution >= 4 is 17.9 Å². The second-order valence-corrected chi connectivity index (χ2v) is 3.12. The lowest BCUT2D eigenvalue weighted by atomic mass is 9.98. The fraction of sp³-hybridized carbons (Fsp3) is 0.667. The fourth-order valence-electron chi connectivity index (χ4n) is 0.944. The molecular weight excluding hydrogens is 236 g/mol. The van der Waals surface area contributed by atoms with Crippen LogP contribution in [0, 0.1) is 0 Å². The number of carbonyl (C=O) groups excluding carboxylic acids is 3. The Bertz CT molecular complexity index is 312. The molecule has 0 spiro atoms. The zero-order valence-corrected chi connectivity index (χ0v) is 9.63. The summed E-state index contributed by atoms with van der Waals surface area (Å²) in [7, 11) is 1.89. The number of hydrogen-bond donors (Lipinski definition) is 2. The lowest BCUT2D eigenvalue weighted by molar-refractivity contribution is -0.196. The summed E-state index contributed by atoms with van der Waals surface area (Å²) in [5.74, 6) is -3.38. The summed E-state index contributed by atoms with van der Waals surface area (Å²) in [6.07, 6.45) is -2.22. The summed E-state index contributed by atoms with van der Waals surface area (Å²) in [6.45, 7) is 0.105. The molecule has 0 amide bonds. The largest absolute Gasteiger partial charge is 0.467 e. The maximum Gasteiger partial charge on any atom is 0.344 e. The van der Waals surface area contributed by atoms with E-state index in [1.54, 1.807) is 0 Å². The van der Waals surface area contributed by atoms with Crippen molar-refractivity contribution in [2.75, 3.05) is 20.8 Å². The first kappa shape index (κ1) is 15.3. The molecule has 98 valence electrons. The van der Waals surface area contributed by atoms with Gasteiger partial charge in [0.25, 0.3) is 0 Å². The van der Waals surface area contributed by atoms with Crippen LogP contribution in [0.15, 0.2) is 0 Å². The van der Waals surface area contributed by atoms with E-state index in [0.29, 0.717) is 0 Å². The molecule has 0 aliphatic rings. The molecule has 0 aromatic heterocycles. The van der Waals surface area contributed by atoms with Crippen LogP contribution in [0.4, 0.5) is 0 Å². The fourth-order valence-corrected chi connectivity index (χ4v) is 0.944. The molecule has 0 saturated heterocycles. The Morgan fingerprint density at radius 1 is 1.24 bits per heavy atom. The van der Waals surface area contributed by atoms with Crippen LogP contribution in [0.25, 0.3) is 0 Å². The average Bonchev–Trinajstić information content (AvgIpc) is 2.32. The van der Waals surface area contributed by atoms with Crippen molar-refractivity contribution in [2.45, 2.75) is 18.6 Å². The van der Waals surface area contributed by atoms with Crippen molar-refractivity contribution < 1.29 is 38.8 Å². The minimum absolute atomic E-state index is 0.801. The van der Waals surface area contributed by atoms with Gasteiger partial charge in [-0.15, -0.1) is 0 Å². The van der Waals surface area contributed by atoms with E-state index in [0.717, 1.165) is 21.1 Å². The molecule has 0 radical (unpaired) electrons. The minimum Gasteiger partial charge on any atom is -0.467 e. The van der Waals surface area contributed by atoms with Crippen LogP contribution >= 0.6 is 0 Å². The third kappa shape index (κ3) is 3.68. The number of aliphatic hydroxyl groups excluding tert-OH is 1. The molecule has 8 nitrogen and oxygen atoms in total. The van der Waals surface area contributed by atoms with E-state index >= 15 is 0 Å². The molecule has 0 fully saturated rings.